The molecule has 1 heterocycles. The van der Waals surface area contributed by atoms with E-state index in [0.717, 1.165) is 5.56 Å². The number of anilines is 1. The van der Waals surface area contributed by atoms with Gasteiger partial charge in [-0.2, -0.15) is 0 Å². The van der Waals surface area contributed by atoms with Crippen molar-refractivity contribution < 1.29 is 18.7 Å². The maximum absolute atomic E-state index is 12.9. The fraction of sp³-hybridized carbons (Fsp3) is 0.0952. The Bertz CT molecular complexity index is 899. The minimum Gasteiger partial charge on any atom is -0.493 e. The number of rotatable bonds is 6. The number of ether oxygens (including phenoxy) is 2. The van der Waals surface area contributed by atoms with Crippen LogP contribution in [0.3, 0.4) is 0 Å². The molecular weight excluding hydrogens is 330 g/mol. The number of carbonyl (C=O) groups is 1. The van der Waals surface area contributed by atoms with Crippen molar-refractivity contribution in [2.75, 3.05) is 19.5 Å². The van der Waals surface area contributed by atoms with Crippen LogP contribution in [0, 0.1) is 0 Å². The molecule has 0 spiro atoms. The maximum Gasteiger partial charge on any atom is 0.256 e. The number of carbonyl (C=O) groups excluding carboxylic acids is 1. The summed E-state index contributed by atoms with van der Waals surface area (Å²) in [6.45, 7) is 0. The maximum atomic E-state index is 12.9. The highest BCUT2D eigenvalue weighted by molar-refractivity contribution is 6.29. The van der Waals surface area contributed by atoms with E-state index in [-0.39, 0.29) is 5.91 Å². The third-order valence-corrected chi connectivity index (χ3v) is 3.80. The molecule has 0 unspecified atom stereocenters. The van der Waals surface area contributed by atoms with Crippen LogP contribution in [0.25, 0.3) is 11.6 Å². The first-order valence-corrected chi connectivity index (χ1v) is 8.05. The van der Waals surface area contributed by atoms with Gasteiger partial charge >= 0.3 is 0 Å². The zero-order valence-electron chi connectivity index (χ0n) is 14.6. The van der Waals surface area contributed by atoms with E-state index in [9.17, 15) is 4.79 Å². The fourth-order valence-electron chi connectivity index (χ4n) is 2.53. The van der Waals surface area contributed by atoms with E-state index in [4.69, 9.17) is 13.9 Å². The van der Waals surface area contributed by atoms with E-state index >= 15 is 0 Å². The lowest BCUT2D eigenvalue weighted by Crippen LogP contribution is -2.13. The van der Waals surface area contributed by atoms with Crippen LogP contribution in [0.5, 0.6) is 11.5 Å². The van der Waals surface area contributed by atoms with Gasteiger partial charge in [0.05, 0.1) is 26.1 Å². The van der Waals surface area contributed by atoms with Crippen molar-refractivity contribution in [3.63, 3.8) is 0 Å². The van der Waals surface area contributed by atoms with Crippen LogP contribution in [-0.4, -0.2) is 20.1 Å². The average Bonchev–Trinajstić information content (AvgIpc) is 3.20. The summed E-state index contributed by atoms with van der Waals surface area (Å²) < 4.78 is 15.9. The van der Waals surface area contributed by atoms with E-state index in [2.05, 4.69) is 5.32 Å². The summed E-state index contributed by atoms with van der Waals surface area (Å²) in [6, 6.07) is 18.2. The van der Waals surface area contributed by atoms with E-state index in [1.165, 1.54) is 0 Å². The molecule has 3 rings (SSSR count). The minimum atomic E-state index is -0.250. The Hall–Kier alpha value is -3.47. The molecule has 5 heteroatoms. The van der Waals surface area contributed by atoms with Crippen molar-refractivity contribution in [2.45, 2.75) is 0 Å². The van der Waals surface area contributed by atoms with E-state index in [0.29, 0.717) is 28.5 Å². The number of furan rings is 1. The monoisotopic (exact) mass is 349 g/mol. The zero-order valence-corrected chi connectivity index (χ0v) is 14.6. The van der Waals surface area contributed by atoms with Crippen molar-refractivity contribution in [3.05, 3.63) is 78.3 Å². The molecule has 26 heavy (non-hydrogen) atoms. The first-order chi connectivity index (χ1) is 12.7. The van der Waals surface area contributed by atoms with Gasteiger partial charge in [-0.1, -0.05) is 30.3 Å². The summed E-state index contributed by atoms with van der Waals surface area (Å²) in [5, 5.41) is 2.89. The smallest absolute Gasteiger partial charge is 0.256 e. The van der Waals surface area contributed by atoms with Gasteiger partial charge in [0.25, 0.3) is 5.91 Å². The lowest BCUT2D eigenvalue weighted by molar-refractivity contribution is -0.111. The second-order valence-corrected chi connectivity index (χ2v) is 5.46. The van der Waals surface area contributed by atoms with E-state index < -0.39 is 0 Å². The Morgan fingerprint density at radius 1 is 0.962 bits per heavy atom. The summed E-state index contributed by atoms with van der Waals surface area (Å²) >= 11 is 0. The Morgan fingerprint density at radius 3 is 2.38 bits per heavy atom. The predicted molar refractivity (Wildman–Crippen MR) is 101 cm³/mol. The molecule has 0 aliphatic carbocycles. The van der Waals surface area contributed by atoms with Crippen LogP contribution in [0.4, 0.5) is 5.69 Å². The molecule has 5 nitrogen and oxygen atoms in total. The van der Waals surface area contributed by atoms with Gasteiger partial charge in [0.1, 0.15) is 5.76 Å². The predicted octanol–water partition coefficient (Wildman–Crippen LogP) is 4.48. The first-order valence-electron chi connectivity index (χ1n) is 8.05. The van der Waals surface area contributed by atoms with Crippen molar-refractivity contribution in [1.82, 2.24) is 0 Å². The van der Waals surface area contributed by atoms with Crippen LogP contribution >= 0.6 is 0 Å². The van der Waals surface area contributed by atoms with Gasteiger partial charge in [-0.3, -0.25) is 4.79 Å². The molecule has 3 aromatic rings. The van der Waals surface area contributed by atoms with Gasteiger partial charge in [-0.05, 0) is 35.9 Å². The van der Waals surface area contributed by atoms with Crippen LogP contribution < -0.4 is 14.8 Å². The number of methoxy groups -OCH3 is 2. The van der Waals surface area contributed by atoms with Crippen LogP contribution in [-0.2, 0) is 4.79 Å². The van der Waals surface area contributed by atoms with Gasteiger partial charge < -0.3 is 19.2 Å². The third-order valence-electron chi connectivity index (χ3n) is 3.80. The average molecular weight is 349 g/mol. The second kappa shape index (κ2) is 8.07. The molecule has 0 radical (unpaired) electrons. The molecular formula is C21H19NO4. The largest absolute Gasteiger partial charge is 0.493 e. The van der Waals surface area contributed by atoms with Crippen molar-refractivity contribution in [2.24, 2.45) is 0 Å². The molecule has 0 saturated heterocycles. The molecule has 0 aliphatic rings. The summed E-state index contributed by atoms with van der Waals surface area (Å²) in [4.78, 5) is 12.9. The number of hydrogen-bond donors (Lipinski definition) is 1. The SMILES string of the molecule is COc1ccc(NC(=O)C(=Cc2ccco2)c2ccccc2)cc1OC. The van der Waals surface area contributed by atoms with Crippen molar-refractivity contribution >= 4 is 23.2 Å². The van der Waals surface area contributed by atoms with Gasteiger partial charge in [-0.25, -0.2) is 0 Å². The molecule has 132 valence electrons. The van der Waals surface area contributed by atoms with Crippen LogP contribution in [0.1, 0.15) is 11.3 Å². The molecule has 0 saturated carbocycles. The highest BCUT2D eigenvalue weighted by atomic mass is 16.5. The van der Waals surface area contributed by atoms with Gasteiger partial charge in [0.2, 0.25) is 0 Å². The minimum absolute atomic E-state index is 0.250. The lowest BCUT2D eigenvalue weighted by atomic mass is 10.0. The number of hydrogen-bond acceptors (Lipinski definition) is 4. The van der Waals surface area contributed by atoms with E-state index in [1.54, 1.807) is 56.9 Å². The number of benzene rings is 2. The molecule has 0 bridgehead atoms. The Balaban J connectivity index is 1.91. The molecule has 0 fully saturated rings. The van der Waals surface area contributed by atoms with Gasteiger partial charge in [0.15, 0.2) is 11.5 Å². The standard InChI is InChI=1S/C21H19NO4/c1-24-19-11-10-16(13-20(19)25-2)22-21(23)18(14-17-9-6-12-26-17)15-7-4-3-5-8-15/h3-14H,1-2H3,(H,22,23). The molecule has 0 atom stereocenters. The summed E-state index contributed by atoms with van der Waals surface area (Å²) in [6.07, 6.45) is 3.28. The lowest BCUT2D eigenvalue weighted by Gasteiger charge is -2.12. The van der Waals surface area contributed by atoms with Crippen molar-refractivity contribution in [3.8, 4) is 11.5 Å². The quantitative estimate of drug-likeness (QED) is 0.667. The summed E-state index contributed by atoms with van der Waals surface area (Å²) in [5.74, 6) is 1.49. The molecule has 2 aromatic carbocycles. The van der Waals surface area contributed by atoms with Crippen LogP contribution in [0.2, 0.25) is 0 Å². The molecule has 0 aliphatic heterocycles. The van der Waals surface area contributed by atoms with E-state index in [1.807, 2.05) is 30.3 Å². The summed E-state index contributed by atoms with van der Waals surface area (Å²) in [7, 11) is 3.12. The molecule has 1 N–H and O–H groups in total. The first kappa shape index (κ1) is 17.4. The topological polar surface area (TPSA) is 60.7 Å². The Morgan fingerprint density at radius 2 is 1.73 bits per heavy atom. The zero-order chi connectivity index (χ0) is 18.4. The van der Waals surface area contributed by atoms with Crippen LogP contribution in [0.15, 0.2) is 71.3 Å². The van der Waals surface area contributed by atoms with Gasteiger partial charge in [-0.15, -0.1) is 0 Å². The molecule has 1 aromatic heterocycles. The molecule has 1 amide bonds. The normalized spacial score (nSPS) is 11.1. The highest BCUT2D eigenvalue weighted by Crippen LogP contribution is 2.30. The third kappa shape index (κ3) is 3.95. The fourth-order valence-corrected chi connectivity index (χ4v) is 2.53. The Kier molecular flexibility index (Phi) is 5.39. The summed E-state index contributed by atoms with van der Waals surface area (Å²) in [5.41, 5.74) is 1.89. The number of nitrogens with one attached hydrogen (secondary N) is 1. The highest BCUT2D eigenvalue weighted by Gasteiger charge is 2.14. The number of amides is 1. The van der Waals surface area contributed by atoms with Gasteiger partial charge in [0, 0.05) is 11.8 Å². The second-order valence-electron chi connectivity index (χ2n) is 5.46. The van der Waals surface area contributed by atoms with Crippen molar-refractivity contribution in [1.29, 1.82) is 0 Å². The Labute approximate surface area is 151 Å².